The second kappa shape index (κ2) is 10.6. The molecule has 0 N–H and O–H groups in total. The number of carbonyl (C=O) groups excluding carboxylic acids is 1. The van der Waals surface area contributed by atoms with Crippen molar-refractivity contribution in [3.8, 4) is 26.7 Å². The monoisotopic (exact) mass is 568 g/mol. The first-order valence-corrected chi connectivity index (χ1v) is 15.5. The molecule has 0 spiro atoms. The van der Waals surface area contributed by atoms with Crippen LogP contribution in [0, 0.1) is 0 Å². The minimum Gasteiger partial charge on any atom is -0.335 e. The zero-order chi connectivity index (χ0) is 27.0. The fourth-order valence-electron chi connectivity index (χ4n) is 4.58. The third kappa shape index (κ3) is 5.42. The molecule has 10 heteroatoms. The van der Waals surface area contributed by atoms with Gasteiger partial charge in [-0.15, -0.1) is 11.3 Å². The Balaban J connectivity index is 1.52. The number of halogens is 1. The number of amides is 1. The highest BCUT2D eigenvalue weighted by Crippen LogP contribution is 2.37. The van der Waals surface area contributed by atoms with Crippen LogP contribution in [0.15, 0.2) is 71.6 Å². The van der Waals surface area contributed by atoms with Gasteiger partial charge in [0.25, 0.3) is 5.91 Å². The molecule has 198 valence electrons. The van der Waals surface area contributed by atoms with E-state index in [0.717, 1.165) is 34.1 Å². The van der Waals surface area contributed by atoms with Crippen LogP contribution < -0.4 is 0 Å². The van der Waals surface area contributed by atoms with Crippen molar-refractivity contribution in [2.45, 2.75) is 24.8 Å². The van der Waals surface area contributed by atoms with E-state index in [9.17, 15) is 13.2 Å². The van der Waals surface area contributed by atoms with E-state index < -0.39 is 9.84 Å². The molecule has 2 aromatic carbocycles. The summed E-state index contributed by atoms with van der Waals surface area (Å²) < 4.78 is 25.9. The largest absolute Gasteiger partial charge is 0.335 e. The van der Waals surface area contributed by atoms with E-state index in [1.54, 1.807) is 28.9 Å². The van der Waals surface area contributed by atoms with Crippen LogP contribution in [0.2, 0.25) is 5.02 Å². The van der Waals surface area contributed by atoms with Gasteiger partial charge in [-0.1, -0.05) is 35.9 Å². The number of nitrogens with zero attached hydrogens (tertiary/aromatic N) is 4. The van der Waals surface area contributed by atoms with Crippen molar-refractivity contribution in [3.05, 3.63) is 77.4 Å². The lowest BCUT2D eigenvalue weighted by Crippen LogP contribution is -2.50. The summed E-state index contributed by atoms with van der Waals surface area (Å²) in [5.41, 5.74) is 2.61. The number of benzene rings is 2. The standard InChI is InChI=1S/C28H29ClN4O3S2/c1-19(2)31-13-15-32(16-14-31)28(34)23-18-25(33(30-23)24-10-5-4-9-22(24)29)27-12-11-26(37-27)20-7-6-8-21(17-20)38(3,35)36/h4-12,17-19H,13-16H2,1-3H3. The van der Waals surface area contributed by atoms with Gasteiger partial charge in [0, 0.05) is 43.4 Å². The fraction of sp³-hybridized carbons (Fsp3) is 0.286. The van der Waals surface area contributed by atoms with Crippen molar-refractivity contribution in [1.82, 2.24) is 19.6 Å². The molecule has 1 fully saturated rings. The first kappa shape index (κ1) is 26.6. The average molecular weight is 569 g/mol. The van der Waals surface area contributed by atoms with Crippen LogP contribution in [0.1, 0.15) is 24.3 Å². The van der Waals surface area contributed by atoms with Crippen LogP contribution in [0.5, 0.6) is 0 Å². The average Bonchev–Trinajstić information content (AvgIpc) is 3.56. The fourth-order valence-corrected chi connectivity index (χ4v) is 6.47. The smallest absolute Gasteiger partial charge is 0.274 e. The normalized spacial score (nSPS) is 14.8. The SMILES string of the molecule is CC(C)N1CCN(C(=O)c2cc(-c3ccc(-c4cccc(S(C)(=O)=O)c4)s3)n(-c3ccccc3Cl)n2)CC1. The van der Waals surface area contributed by atoms with Crippen molar-refractivity contribution >= 4 is 38.7 Å². The molecule has 0 aliphatic carbocycles. The molecule has 1 amide bonds. The molecular weight excluding hydrogens is 540 g/mol. The second-order valence-corrected chi connectivity index (χ2v) is 13.2. The van der Waals surface area contributed by atoms with Gasteiger partial charge in [0.05, 0.1) is 26.2 Å². The molecule has 1 aliphatic heterocycles. The maximum absolute atomic E-state index is 13.5. The molecule has 0 bridgehead atoms. The number of carbonyl (C=O) groups is 1. The number of sulfone groups is 1. The number of hydrogen-bond donors (Lipinski definition) is 0. The zero-order valence-electron chi connectivity index (χ0n) is 21.5. The first-order chi connectivity index (χ1) is 18.1. The molecule has 0 unspecified atom stereocenters. The maximum atomic E-state index is 13.5. The molecule has 3 heterocycles. The van der Waals surface area contributed by atoms with E-state index in [1.165, 1.54) is 17.6 Å². The third-order valence-corrected chi connectivity index (χ3v) is 9.33. The topological polar surface area (TPSA) is 75.5 Å². The lowest BCUT2D eigenvalue weighted by molar-refractivity contribution is 0.0589. The van der Waals surface area contributed by atoms with E-state index >= 15 is 0 Å². The number of para-hydroxylation sites is 1. The summed E-state index contributed by atoms with van der Waals surface area (Å²) in [6.45, 7) is 7.32. The van der Waals surface area contributed by atoms with Crippen LogP contribution in [-0.2, 0) is 9.84 Å². The summed E-state index contributed by atoms with van der Waals surface area (Å²) in [7, 11) is -3.32. The Morgan fingerprint density at radius 3 is 2.34 bits per heavy atom. The molecule has 38 heavy (non-hydrogen) atoms. The summed E-state index contributed by atoms with van der Waals surface area (Å²) in [4.78, 5) is 19.8. The molecule has 4 aromatic rings. The Labute approximate surface area is 232 Å². The molecule has 0 radical (unpaired) electrons. The lowest BCUT2D eigenvalue weighted by Gasteiger charge is -2.36. The maximum Gasteiger partial charge on any atom is 0.274 e. The van der Waals surface area contributed by atoms with E-state index in [2.05, 4.69) is 18.7 Å². The first-order valence-electron chi connectivity index (χ1n) is 12.4. The van der Waals surface area contributed by atoms with Crippen molar-refractivity contribution in [1.29, 1.82) is 0 Å². The van der Waals surface area contributed by atoms with Crippen LogP contribution in [0.25, 0.3) is 26.7 Å². The van der Waals surface area contributed by atoms with Gasteiger partial charge in [0.2, 0.25) is 0 Å². The second-order valence-electron chi connectivity index (χ2n) is 9.66. The van der Waals surface area contributed by atoms with E-state index in [4.69, 9.17) is 16.7 Å². The predicted octanol–water partition coefficient (Wildman–Crippen LogP) is 5.49. The summed E-state index contributed by atoms with van der Waals surface area (Å²) >= 11 is 8.05. The third-order valence-electron chi connectivity index (χ3n) is 6.75. The Morgan fingerprint density at radius 2 is 1.66 bits per heavy atom. The van der Waals surface area contributed by atoms with Gasteiger partial charge in [0.1, 0.15) is 0 Å². The van der Waals surface area contributed by atoms with Gasteiger partial charge in [-0.3, -0.25) is 9.69 Å². The van der Waals surface area contributed by atoms with Gasteiger partial charge in [-0.05, 0) is 61.9 Å². The Hall–Kier alpha value is -2.98. The zero-order valence-corrected chi connectivity index (χ0v) is 23.9. The van der Waals surface area contributed by atoms with Gasteiger partial charge >= 0.3 is 0 Å². The Kier molecular flexibility index (Phi) is 7.46. The molecule has 7 nitrogen and oxygen atoms in total. The van der Waals surface area contributed by atoms with Crippen LogP contribution in [0.3, 0.4) is 0 Å². The predicted molar refractivity (Wildman–Crippen MR) is 153 cm³/mol. The Bertz CT molecular complexity index is 1580. The van der Waals surface area contributed by atoms with Gasteiger partial charge in [-0.25, -0.2) is 13.1 Å². The molecule has 5 rings (SSSR count). The highest BCUT2D eigenvalue weighted by molar-refractivity contribution is 7.90. The van der Waals surface area contributed by atoms with Crippen LogP contribution >= 0.6 is 22.9 Å². The van der Waals surface area contributed by atoms with Gasteiger partial charge in [0.15, 0.2) is 15.5 Å². The highest BCUT2D eigenvalue weighted by Gasteiger charge is 2.27. The summed E-state index contributed by atoms with van der Waals surface area (Å²) in [5, 5.41) is 5.26. The number of thiophene rings is 1. The summed E-state index contributed by atoms with van der Waals surface area (Å²) in [6.07, 6.45) is 1.20. The minimum atomic E-state index is -3.32. The van der Waals surface area contributed by atoms with Gasteiger partial charge < -0.3 is 4.90 Å². The molecular formula is C28H29ClN4O3S2. The summed E-state index contributed by atoms with van der Waals surface area (Å²) in [5.74, 6) is -0.0990. The minimum absolute atomic E-state index is 0.0990. The van der Waals surface area contributed by atoms with Crippen molar-refractivity contribution < 1.29 is 13.2 Å². The number of piperazine rings is 1. The molecule has 2 aromatic heterocycles. The van der Waals surface area contributed by atoms with Crippen LogP contribution in [-0.4, -0.2) is 72.4 Å². The lowest BCUT2D eigenvalue weighted by atomic mass is 10.2. The Morgan fingerprint density at radius 1 is 0.947 bits per heavy atom. The van der Waals surface area contributed by atoms with E-state index in [1.807, 2.05) is 47.4 Å². The quantitative estimate of drug-likeness (QED) is 0.307. The van der Waals surface area contributed by atoms with Crippen molar-refractivity contribution in [3.63, 3.8) is 0 Å². The molecule has 1 saturated heterocycles. The number of rotatable bonds is 6. The van der Waals surface area contributed by atoms with Crippen LogP contribution in [0.4, 0.5) is 0 Å². The van der Waals surface area contributed by atoms with E-state index in [-0.39, 0.29) is 10.8 Å². The molecule has 0 saturated carbocycles. The van der Waals surface area contributed by atoms with Gasteiger partial charge in [-0.2, -0.15) is 5.10 Å². The molecule has 1 aliphatic rings. The summed E-state index contributed by atoms with van der Waals surface area (Å²) in [6, 6.07) is 20.5. The highest BCUT2D eigenvalue weighted by atomic mass is 35.5. The van der Waals surface area contributed by atoms with Crippen molar-refractivity contribution in [2.75, 3.05) is 32.4 Å². The molecule has 0 atom stereocenters. The van der Waals surface area contributed by atoms with E-state index in [0.29, 0.717) is 35.5 Å². The number of hydrogen-bond acceptors (Lipinski definition) is 6. The number of aromatic nitrogens is 2. The van der Waals surface area contributed by atoms with Crippen molar-refractivity contribution in [2.24, 2.45) is 0 Å².